The zero-order chi connectivity index (χ0) is 11.9. The van der Waals surface area contributed by atoms with Crippen molar-refractivity contribution >= 4 is 7.26 Å². The molecule has 0 aromatic rings. The van der Waals surface area contributed by atoms with Crippen LogP contribution in [0.5, 0.6) is 0 Å². The van der Waals surface area contributed by atoms with E-state index in [9.17, 15) is 15.3 Å². The Kier molecular flexibility index (Phi) is 6.94. The average molecular weight is 237 g/mol. The fraction of sp³-hybridized carbons (Fsp3) is 1.00. The third-order valence-corrected chi connectivity index (χ3v) is 9.06. The van der Waals surface area contributed by atoms with Crippen molar-refractivity contribution in [3.63, 3.8) is 0 Å². The lowest BCUT2D eigenvalue weighted by Crippen LogP contribution is -2.39. The molecule has 0 amide bonds. The standard InChI is InChI=1S/C11H26O3P/c1-4-15(5-2,6-3)10-11(7-12,8-13)9-14/h12-14H,4-10H2,1-3H3/q+1. The normalized spacial score (nSPS) is 13.2. The smallest absolute Gasteiger partial charge is 0.0730 e. The topological polar surface area (TPSA) is 60.7 Å². The van der Waals surface area contributed by atoms with Crippen molar-refractivity contribution in [2.45, 2.75) is 20.8 Å². The molecule has 3 nitrogen and oxygen atoms in total. The Morgan fingerprint density at radius 3 is 1.33 bits per heavy atom. The number of aliphatic hydroxyl groups excluding tert-OH is 3. The number of rotatable bonds is 8. The second-order valence-corrected chi connectivity index (χ2v) is 9.32. The Morgan fingerprint density at radius 1 is 0.800 bits per heavy atom. The minimum absolute atomic E-state index is 0.123. The van der Waals surface area contributed by atoms with Crippen molar-refractivity contribution in [1.29, 1.82) is 0 Å². The Labute approximate surface area is 93.9 Å². The van der Waals surface area contributed by atoms with Gasteiger partial charge in [0.05, 0.1) is 49.9 Å². The molecular weight excluding hydrogens is 211 g/mol. The first kappa shape index (κ1) is 15.3. The third-order valence-electron chi connectivity index (χ3n) is 3.69. The van der Waals surface area contributed by atoms with E-state index >= 15 is 0 Å². The molecule has 0 radical (unpaired) electrons. The molecule has 0 aromatic carbocycles. The van der Waals surface area contributed by atoms with Crippen molar-refractivity contribution in [2.24, 2.45) is 5.41 Å². The van der Waals surface area contributed by atoms with Crippen LogP contribution >= 0.6 is 7.26 Å². The zero-order valence-electron chi connectivity index (χ0n) is 10.2. The first-order valence-corrected chi connectivity index (χ1v) is 8.28. The molecule has 0 saturated carbocycles. The van der Waals surface area contributed by atoms with E-state index in [-0.39, 0.29) is 19.8 Å². The molecule has 0 atom stereocenters. The molecule has 0 saturated heterocycles. The summed E-state index contributed by atoms with van der Waals surface area (Å²) >= 11 is 0. The third kappa shape index (κ3) is 3.67. The molecule has 0 aliphatic rings. The first-order chi connectivity index (χ1) is 7.07. The fourth-order valence-corrected chi connectivity index (χ4v) is 5.75. The van der Waals surface area contributed by atoms with Gasteiger partial charge in [-0.3, -0.25) is 0 Å². The van der Waals surface area contributed by atoms with Crippen molar-refractivity contribution in [3.05, 3.63) is 0 Å². The van der Waals surface area contributed by atoms with E-state index in [1.807, 2.05) is 0 Å². The lowest BCUT2D eigenvalue weighted by atomic mass is 9.94. The van der Waals surface area contributed by atoms with E-state index in [1.165, 1.54) is 0 Å². The molecule has 15 heavy (non-hydrogen) atoms. The maximum Gasteiger partial charge on any atom is 0.0730 e. The SMILES string of the molecule is CC[P+](CC)(CC)CC(CO)(CO)CO. The lowest BCUT2D eigenvalue weighted by molar-refractivity contribution is 0.0225. The van der Waals surface area contributed by atoms with Gasteiger partial charge in [0.15, 0.2) is 0 Å². The maximum atomic E-state index is 9.32. The molecule has 92 valence electrons. The van der Waals surface area contributed by atoms with Crippen LogP contribution in [-0.4, -0.2) is 59.8 Å². The monoisotopic (exact) mass is 237 g/mol. The van der Waals surface area contributed by atoms with Crippen LogP contribution in [0.2, 0.25) is 0 Å². The van der Waals surface area contributed by atoms with Crippen LogP contribution in [0.1, 0.15) is 20.8 Å². The van der Waals surface area contributed by atoms with E-state index in [4.69, 9.17) is 0 Å². The second kappa shape index (κ2) is 6.80. The van der Waals surface area contributed by atoms with E-state index in [1.54, 1.807) is 0 Å². The van der Waals surface area contributed by atoms with Gasteiger partial charge in [0.1, 0.15) is 0 Å². The quantitative estimate of drug-likeness (QED) is 0.552. The molecule has 0 unspecified atom stereocenters. The largest absolute Gasteiger partial charge is 0.395 e. The van der Waals surface area contributed by atoms with Gasteiger partial charge < -0.3 is 15.3 Å². The maximum absolute atomic E-state index is 9.32. The molecule has 0 fully saturated rings. The van der Waals surface area contributed by atoms with E-state index in [0.29, 0.717) is 0 Å². The van der Waals surface area contributed by atoms with Gasteiger partial charge >= 0.3 is 0 Å². The van der Waals surface area contributed by atoms with Gasteiger partial charge in [0.25, 0.3) is 0 Å². The summed E-state index contributed by atoms with van der Waals surface area (Å²) in [5.74, 6) is 0. The van der Waals surface area contributed by atoms with Crippen LogP contribution in [0, 0.1) is 5.41 Å². The van der Waals surface area contributed by atoms with Gasteiger partial charge in [0, 0.05) is 7.26 Å². The highest BCUT2D eigenvalue weighted by molar-refractivity contribution is 7.75. The van der Waals surface area contributed by atoms with Gasteiger partial charge in [-0.1, -0.05) is 0 Å². The van der Waals surface area contributed by atoms with Crippen LogP contribution in [0.25, 0.3) is 0 Å². The number of aliphatic hydroxyl groups is 3. The highest BCUT2D eigenvalue weighted by Gasteiger charge is 2.42. The molecule has 3 N–H and O–H groups in total. The van der Waals surface area contributed by atoms with Crippen LogP contribution in [-0.2, 0) is 0 Å². The summed E-state index contributed by atoms with van der Waals surface area (Å²) in [6.45, 7) is 6.16. The van der Waals surface area contributed by atoms with E-state index in [2.05, 4.69) is 20.8 Å². The van der Waals surface area contributed by atoms with Crippen molar-refractivity contribution < 1.29 is 15.3 Å². The molecule has 0 aliphatic carbocycles. The molecule has 4 heteroatoms. The summed E-state index contributed by atoms with van der Waals surface area (Å²) in [5.41, 5.74) is -0.671. The Bertz CT molecular complexity index is 131. The Balaban J connectivity index is 4.74. The number of hydrogen-bond acceptors (Lipinski definition) is 3. The summed E-state index contributed by atoms with van der Waals surface area (Å²) in [7, 11) is -1.09. The van der Waals surface area contributed by atoms with Gasteiger partial charge in [-0.05, 0) is 20.8 Å². The predicted octanol–water partition coefficient (Wildman–Crippen LogP) is 1.03. The molecule has 0 aromatic heterocycles. The molecule has 0 heterocycles. The molecule has 0 aliphatic heterocycles. The highest BCUT2D eigenvalue weighted by Crippen LogP contribution is 2.60. The van der Waals surface area contributed by atoms with Gasteiger partial charge in [-0.2, -0.15) is 0 Å². The van der Waals surface area contributed by atoms with Crippen molar-refractivity contribution in [2.75, 3.05) is 44.5 Å². The van der Waals surface area contributed by atoms with Crippen molar-refractivity contribution in [3.8, 4) is 0 Å². The summed E-state index contributed by atoms with van der Waals surface area (Å²) in [5, 5.41) is 28.0. The van der Waals surface area contributed by atoms with Crippen LogP contribution < -0.4 is 0 Å². The average Bonchev–Trinajstić information content (AvgIpc) is 2.33. The first-order valence-electron chi connectivity index (χ1n) is 5.75. The minimum atomic E-state index is -1.09. The Hall–Kier alpha value is 0.310. The van der Waals surface area contributed by atoms with Gasteiger partial charge in [-0.15, -0.1) is 0 Å². The van der Waals surface area contributed by atoms with E-state index in [0.717, 1.165) is 24.6 Å². The minimum Gasteiger partial charge on any atom is -0.395 e. The van der Waals surface area contributed by atoms with E-state index < -0.39 is 12.7 Å². The fourth-order valence-electron chi connectivity index (χ4n) is 2.02. The Morgan fingerprint density at radius 2 is 1.13 bits per heavy atom. The summed E-state index contributed by atoms with van der Waals surface area (Å²) < 4.78 is 0. The van der Waals surface area contributed by atoms with Gasteiger partial charge in [0.2, 0.25) is 0 Å². The predicted molar refractivity (Wildman–Crippen MR) is 67.1 cm³/mol. The number of hydrogen-bond donors (Lipinski definition) is 3. The lowest BCUT2D eigenvalue weighted by Gasteiger charge is -2.34. The molecule has 0 spiro atoms. The molecule has 0 rings (SSSR count). The summed E-state index contributed by atoms with van der Waals surface area (Å²) in [6.07, 6.45) is 4.18. The van der Waals surface area contributed by atoms with Gasteiger partial charge in [-0.25, -0.2) is 0 Å². The van der Waals surface area contributed by atoms with Crippen LogP contribution in [0.4, 0.5) is 0 Å². The molecule has 0 bridgehead atoms. The summed E-state index contributed by atoms with van der Waals surface area (Å²) in [4.78, 5) is 0. The highest BCUT2D eigenvalue weighted by atomic mass is 31.2. The van der Waals surface area contributed by atoms with Crippen molar-refractivity contribution in [1.82, 2.24) is 0 Å². The zero-order valence-corrected chi connectivity index (χ0v) is 11.1. The van der Waals surface area contributed by atoms with Crippen LogP contribution in [0.15, 0.2) is 0 Å². The van der Waals surface area contributed by atoms with Crippen LogP contribution in [0.3, 0.4) is 0 Å². The summed E-state index contributed by atoms with van der Waals surface area (Å²) in [6, 6.07) is 0. The molecular formula is C11H26O3P+. The second-order valence-electron chi connectivity index (χ2n) is 4.42.